The first-order valence-electron chi connectivity index (χ1n) is 9.21. The number of unbranched alkanes of at least 4 members (excludes halogenated alkanes) is 10. The fourth-order valence-corrected chi connectivity index (χ4v) is 2.59. The van der Waals surface area contributed by atoms with Gasteiger partial charge in [0.15, 0.2) is 0 Å². The first kappa shape index (κ1) is 27.3. The summed E-state index contributed by atoms with van der Waals surface area (Å²) in [6, 6.07) is -1.34. The standard InChI is InChI=1S/C18H33NO5.K.H/c1-2-3-4-5-6-7-8-9-10-11-12-13-16(20)19-15(18(23)24)14-17(21)22;;/h15H,2-14H2,1H3,(H,19,20)(H,21,22)(H,23,24);;/t15-;;/m0../s1. The van der Waals surface area contributed by atoms with Gasteiger partial charge in [-0.2, -0.15) is 0 Å². The number of carboxylic acid groups (broad SMARTS) is 2. The fourth-order valence-electron chi connectivity index (χ4n) is 2.59. The molecule has 0 unspecified atom stereocenters. The van der Waals surface area contributed by atoms with Gasteiger partial charge in [-0.1, -0.05) is 71.1 Å². The van der Waals surface area contributed by atoms with Crippen LogP contribution in [0.1, 0.15) is 90.4 Å². The Morgan fingerprint density at radius 1 is 0.800 bits per heavy atom. The van der Waals surface area contributed by atoms with Crippen LogP contribution in [0, 0.1) is 0 Å². The second-order valence-corrected chi connectivity index (χ2v) is 6.34. The summed E-state index contributed by atoms with van der Waals surface area (Å²) in [5.41, 5.74) is 0. The molecule has 7 heteroatoms. The molecular weight excluding hydrogens is 349 g/mol. The van der Waals surface area contributed by atoms with Crippen LogP contribution in [0.5, 0.6) is 0 Å². The van der Waals surface area contributed by atoms with E-state index in [-0.39, 0.29) is 63.7 Å². The van der Waals surface area contributed by atoms with Crippen molar-refractivity contribution in [1.82, 2.24) is 5.32 Å². The molecule has 142 valence electrons. The van der Waals surface area contributed by atoms with Crippen LogP contribution in [0.25, 0.3) is 0 Å². The van der Waals surface area contributed by atoms with Crippen LogP contribution in [0.4, 0.5) is 0 Å². The SMILES string of the molecule is CCCCCCCCCCCCCC(=O)N[C@@H](CC(=O)O)C(=O)O.[KH]. The zero-order chi connectivity index (χ0) is 18.2. The zero-order valence-electron chi connectivity index (χ0n) is 14.9. The molecule has 0 radical (unpaired) electrons. The minimum absolute atomic E-state index is 0. The molecule has 0 heterocycles. The van der Waals surface area contributed by atoms with E-state index in [0.29, 0.717) is 6.42 Å². The summed E-state index contributed by atoms with van der Waals surface area (Å²) in [6.45, 7) is 2.22. The maximum atomic E-state index is 11.6. The van der Waals surface area contributed by atoms with E-state index in [9.17, 15) is 14.4 Å². The second kappa shape index (κ2) is 18.8. The van der Waals surface area contributed by atoms with Gasteiger partial charge < -0.3 is 15.5 Å². The third-order valence-electron chi connectivity index (χ3n) is 4.02. The number of amides is 1. The third kappa shape index (κ3) is 18.6. The molecule has 0 rings (SSSR count). The van der Waals surface area contributed by atoms with Gasteiger partial charge in [-0.15, -0.1) is 0 Å². The van der Waals surface area contributed by atoms with Crippen LogP contribution in [-0.4, -0.2) is 85.5 Å². The number of hydrogen-bond donors (Lipinski definition) is 3. The minimum atomic E-state index is -1.34. The van der Waals surface area contributed by atoms with E-state index >= 15 is 0 Å². The van der Waals surface area contributed by atoms with Gasteiger partial charge in [0, 0.05) is 6.42 Å². The van der Waals surface area contributed by atoms with Gasteiger partial charge in [-0.25, -0.2) is 4.79 Å². The third-order valence-corrected chi connectivity index (χ3v) is 4.02. The van der Waals surface area contributed by atoms with E-state index in [0.717, 1.165) is 12.8 Å². The van der Waals surface area contributed by atoms with Crippen LogP contribution in [-0.2, 0) is 14.4 Å². The molecule has 0 saturated carbocycles. The molecular formula is C18H34KNO5. The Labute approximate surface area is 193 Å². The maximum absolute atomic E-state index is 11.6. The molecule has 0 saturated heterocycles. The van der Waals surface area contributed by atoms with Gasteiger partial charge in [-0.05, 0) is 6.42 Å². The van der Waals surface area contributed by atoms with E-state index in [4.69, 9.17) is 10.2 Å². The van der Waals surface area contributed by atoms with Crippen molar-refractivity contribution in [3.8, 4) is 0 Å². The zero-order valence-corrected chi connectivity index (χ0v) is 14.9. The number of rotatable bonds is 16. The van der Waals surface area contributed by atoms with Crippen LogP contribution < -0.4 is 5.32 Å². The average molecular weight is 384 g/mol. The molecule has 0 aliphatic heterocycles. The fraction of sp³-hybridized carbons (Fsp3) is 0.833. The van der Waals surface area contributed by atoms with Crippen LogP contribution in [0.3, 0.4) is 0 Å². The van der Waals surface area contributed by atoms with E-state index < -0.39 is 24.4 Å². The summed E-state index contributed by atoms with van der Waals surface area (Å²) < 4.78 is 0. The summed E-state index contributed by atoms with van der Waals surface area (Å²) >= 11 is 0. The number of carbonyl (C=O) groups is 3. The Kier molecular flexibility index (Phi) is 20.5. The Bertz CT molecular complexity index is 376. The van der Waals surface area contributed by atoms with Crippen LogP contribution in [0.15, 0.2) is 0 Å². The molecule has 1 amide bonds. The van der Waals surface area contributed by atoms with Gasteiger partial charge in [0.25, 0.3) is 0 Å². The van der Waals surface area contributed by atoms with E-state index in [1.54, 1.807) is 0 Å². The summed E-state index contributed by atoms with van der Waals surface area (Å²) in [7, 11) is 0. The van der Waals surface area contributed by atoms with Crippen molar-refractivity contribution in [1.29, 1.82) is 0 Å². The normalized spacial score (nSPS) is 11.4. The molecule has 0 aromatic heterocycles. The Hall–Kier alpha value is 0.0464. The molecule has 25 heavy (non-hydrogen) atoms. The molecule has 6 nitrogen and oxygen atoms in total. The molecule has 1 atom stereocenters. The van der Waals surface area contributed by atoms with E-state index in [2.05, 4.69) is 12.2 Å². The molecule has 0 aromatic rings. The summed E-state index contributed by atoms with van der Waals surface area (Å²) in [5.74, 6) is -2.94. The van der Waals surface area contributed by atoms with Crippen LogP contribution in [0.2, 0.25) is 0 Å². The first-order chi connectivity index (χ1) is 11.5. The van der Waals surface area contributed by atoms with Crippen molar-refractivity contribution in [2.24, 2.45) is 0 Å². The van der Waals surface area contributed by atoms with Gasteiger partial charge in [0.2, 0.25) is 5.91 Å². The summed E-state index contributed by atoms with van der Waals surface area (Å²) in [6.07, 6.45) is 12.7. The Morgan fingerprint density at radius 2 is 1.24 bits per heavy atom. The topological polar surface area (TPSA) is 104 Å². The number of aliphatic carboxylic acids is 2. The second-order valence-electron chi connectivity index (χ2n) is 6.34. The molecule has 0 aliphatic rings. The number of hydrogen-bond acceptors (Lipinski definition) is 3. The predicted molar refractivity (Wildman–Crippen MR) is 100 cm³/mol. The average Bonchev–Trinajstić information content (AvgIpc) is 2.51. The van der Waals surface area contributed by atoms with Gasteiger partial charge in [0.1, 0.15) is 6.04 Å². The van der Waals surface area contributed by atoms with Crippen molar-refractivity contribution in [3.63, 3.8) is 0 Å². The van der Waals surface area contributed by atoms with Gasteiger partial charge in [0.05, 0.1) is 6.42 Å². The van der Waals surface area contributed by atoms with E-state index in [1.807, 2.05) is 0 Å². The molecule has 0 spiro atoms. The number of carboxylic acids is 2. The van der Waals surface area contributed by atoms with Crippen molar-refractivity contribution < 1.29 is 24.6 Å². The quantitative estimate of drug-likeness (QED) is 0.281. The van der Waals surface area contributed by atoms with Crippen molar-refractivity contribution in [3.05, 3.63) is 0 Å². The monoisotopic (exact) mass is 383 g/mol. The predicted octanol–water partition coefficient (Wildman–Crippen LogP) is 3.08. The Balaban J connectivity index is 0. The Morgan fingerprint density at radius 3 is 1.64 bits per heavy atom. The van der Waals surface area contributed by atoms with Gasteiger partial charge in [-0.3, -0.25) is 9.59 Å². The molecule has 3 N–H and O–H groups in total. The first-order valence-corrected chi connectivity index (χ1v) is 9.21. The number of carbonyl (C=O) groups excluding carboxylic acids is 1. The molecule has 0 aliphatic carbocycles. The molecule has 0 fully saturated rings. The van der Waals surface area contributed by atoms with Gasteiger partial charge >= 0.3 is 63.3 Å². The summed E-state index contributed by atoms with van der Waals surface area (Å²) in [5, 5.41) is 19.7. The van der Waals surface area contributed by atoms with Crippen molar-refractivity contribution in [2.75, 3.05) is 0 Å². The van der Waals surface area contributed by atoms with Crippen LogP contribution >= 0.6 is 0 Å². The van der Waals surface area contributed by atoms with E-state index in [1.165, 1.54) is 51.4 Å². The summed E-state index contributed by atoms with van der Waals surface area (Å²) in [4.78, 5) is 33.0. The molecule has 0 aromatic carbocycles. The molecule has 0 bridgehead atoms. The van der Waals surface area contributed by atoms with Crippen molar-refractivity contribution >= 4 is 69.2 Å². The van der Waals surface area contributed by atoms with Crippen molar-refractivity contribution in [2.45, 2.75) is 96.4 Å². The number of nitrogens with one attached hydrogen (secondary N) is 1.